The van der Waals surface area contributed by atoms with Gasteiger partial charge < -0.3 is 14.7 Å². The van der Waals surface area contributed by atoms with Crippen LogP contribution < -0.4 is 4.74 Å². The molecule has 0 spiro atoms. The minimum absolute atomic E-state index is 0.0963. The number of rotatable bonds is 9. The van der Waals surface area contributed by atoms with Gasteiger partial charge in [-0.3, -0.25) is 9.59 Å². The maximum absolute atomic E-state index is 12.1. The van der Waals surface area contributed by atoms with Crippen LogP contribution in [0.4, 0.5) is 0 Å². The van der Waals surface area contributed by atoms with Gasteiger partial charge in [0.05, 0.1) is 6.61 Å². The normalized spacial score (nSPS) is 13.7. The van der Waals surface area contributed by atoms with Crippen LogP contribution in [0.15, 0.2) is 30.3 Å². The second kappa shape index (κ2) is 7.67. The summed E-state index contributed by atoms with van der Waals surface area (Å²) in [5.74, 6) is 0.227. The van der Waals surface area contributed by atoms with E-state index in [1.807, 2.05) is 30.3 Å². The summed E-state index contributed by atoms with van der Waals surface area (Å²) >= 11 is 0. The highest BCUT2D eigenvalue weighted by Crippen LogP contribution is 2.29. The first kappa shape index (κ1) is 15.4. The van der Waals surface area contributed by atoms with Crippen LogP contribution in [0.1, 0.15) is 25.7 Å². The molecule has 1 aromatic carbocycles. The number of hydrogen-bond donors (Lipinski definition) is 1. The predicted octanol–water partition coefficient (Wildman–Crippen LogP) is 2.17. The predicted molar refractivity (Wildman–Crippen MR) is 78.1 cm³/mol. The second-order valence-corrected chi connectivity index (χ2v) is 5.38. The number of ether oxygens (including phenoxy) is 1. The Morgan fingerprint density at radius 2 is 1.95 bits per heavy atom. The zero-order valence-corrected chi connectivity index (χ0v) is 12.0. The van der Waals surface area contributed by atoms with Gasteiger partial charge in [-0.25, -0.2) is 0 Å². The van der Waals surface area contributed by atoms with Crippen LogP contribution in [0.2, 0.25) is 0 Å². The third kappa shape index (κ3) is 5.85. The van der Waals surface area contributed by atoms with Gasteiger partial charge in [0.15, 0.2) is 0 Å². The van der Waals surface area contributed by atoms with Gasteiger partial charge in [-0.2, -0.15) is 0 Å². The standard InChI is InChI=1S/C16H21NO4/c18-15(17(12-16(19)20)11-13-8-9-13)7-4-10-21-14-5-2-1-3-6-14/h1-3,5-6,13H,4,7-12H2,(H,19,20). The molecule has 1 aliphatic carbocycles. The molecule has 5 heteroatoms. The van der Waals surface area contributed by atoms with Crippen LogP contribution in [-0.2, 0) is 9.59 Å². The Balaban J connectivity index is 1.69. The molecule has 1 fully saturated rings. The first-order chi connectivity index (χ1) is 10.1. The van der Waals surface area contributed by atoms with Crippen molar-refractivity contribution in [2.24, 2.45) is 5.92 Å². The Hall–Kier alpha value is -2.04. The molecule has 0 radical (unpaired) electrons. The van der Waals surface area contributed by atoms with Gasteiger partial charge in [0.25, 0.3) is 0 Å². The van der Waals surface area contributed by atoms with Crippen molar-refractivity contribution in [2.75, 3.05) is 19.7 Å². The van der Waals surface area contributed by atoms with Crippen LogP contribution in [0.5, 0.6) is 5.75 Å². The molecular formula is C16H21NO4. The number of amides is 1. The summed E-state index contributed by atoms with van der Waals surface area (Å²) in [6.07, 6.45) is 3.11. The number of carbonyl (C=O) groups excluding carboxylic acids is 1. The molecule has 0 bridgehead atoms. The summed E-state index contributed by atoms with van der Waals surface area (Å²) < 4.78 is 5.52. The lowest BCUT2D eigenvalue weighted by atomic mass is 10.2. The smallest absolute Gasteiger partial charge is 0.323 e. The number of nitrogens with zero attached hydrogens (tertiary/aromatic N) is 1. The fraction of sp³-hybridized carbons (Fsp3) is 0.500. The monoisotopic (exact) mass is 291 g/mol. The molecule has 1 amide bonds. The van der Waals surface area contributed by atoms with E-state index in [4.69, 9.17) is 9.84 Å². The van der Waals surface area contributed by atoms with Crippen molar-refractivity contribution in [3.8, 4) is 5.75 Å². The third-order valence-corrected chi connectivity index (χ3v) is 3.40. The van der Waals surface area contributed by atoms with Crippen molar-refractivity contribution in [1.82, 2.24) is 4.90 Å². The van der Waals surface area contributed by atoms with Gasteiger partial charge in [0.1, 0.15) is 12.3 Å². The van der Waals surface area contributed by atoms with Gasteiger partial charge in [0, 0.05) is 13.0 Å². The molecule has 0 atom stereocenters. The fourth-order valence-electron chi connectivity index (χ4n) is 2.12. The van der Waals surface area contributed by atoms with Crippen molar-refractivity contribution in [3.63, 3.8) is 0 Å². The molecule has 114 valence electrons. The topological polar surface area (TPSA) is 66.8 Å². The zero-order chi connectivity index (χ0) is 15.1. The van der Waals surface area contributed by atoms with E-state index >= 15 is 0 Å². The van der Waals surface area contributed by atoms with Crippen molar-refractivity contribution < 1.29 is 19.4 Å². The number of carboxylic acids is 1. The van der Waals surface area contributed by atoms with Gasteiger partial charge in [-0.1, -0.05) is 18.2 Å². The number of benzene rings is 1. The lowest BCUT2D eigenvalue weighted by Gasteiger charge is -2.20. The molecule has 0 aliphatic heterocycles. The van der Waals surface area contributed by atoms with Crippen LogP contribution in [0.25, 0.3) is 0 Å². The van der Waals surface area contributed by atoms with Crippen molar-refractivity contribution in [2.45, 2.75) is 25.7 Å². The summed E-state index contributed by atoms with van der Waals surface area (Å²) in [6.45, 7) is 0.833. The van der Waals surface area contributed by atoms with Gasteiger partial charge in [-0.05, 0) is 37.3 Å². The Bertz CT molecular complexity index is 470. The lowest BCUT2D eigenvalue weighted by molar-refractivity contribution is -0.144. The highest BCUT2D eigenvalue weighted by Gasteiger charge is 2.27. The zero-order valence-electron chi connectivity index (χ0n) is 12.0. The summed E-state index contributed by atoms with van der Waals surface area (Å²) in [4.78, 5) is 24.3. The Morgan fingerprint density at radius 3 is 2.57 bits per heavy atom. The summed E-state index contributed by atoms with van der Waals surface area (Å²) in [6, 6.07) is 9.44. The maximum atomic E-state index is 12.1. The van der Waals surface area contributed by atoms with E-state index in [2.05, 4.69) is 0 Å². The number of aliphatic carboxylic acids is 1. The Morgan fingerprint density at radius 1 is 1.24 bits per heavy atom. The van der Waals surface area contributed by atoms with Crippen molar-refractivity contribution >= 4 is 11.9 Å². The van der Waals surface area contributed by atoms with Gasteiger partial charge >= 0.3 is 5.97 Å². The molecular weight excluding hydrogens is 270 g/mol. The fourth-order valence-corrected chi connectivity index (χ4v) is 2.12. The first-order valence-corrected chi connectivity index (χ1v) is 7.32. The van der Waals surface area contributed by atoms with Crippen molar-refractivity contribution in [3.05, 3.63) is 30.3 Å². The minimum atomic E-state index is -0.954. The number of carbonyl (C=O) groups is 2. The quantitative estimate of drug-likeness (QED) is 0.708. The second-order valence-electron chi connectivity index (χ2n) is 5.38. The molecule has 0 aromatic heterocycles. The van der Waals surface area contributed by atoms with E-state index in [9.17, 15) is 9.59 Å². The van der Waals surface area contributed by atoms with Crippen LogP contribution in [0, 0.1) is 5.92 Å². The number of hydrogen-bond acceptors (Lipinski definition) is 3. The van der Waals surface area contributed by atoms with E-state index in [1.54, 1.807) is 0 Å². The van der Waals surface area contributed by atoms with Gasteiger partial charge in [-0.15, -0.1) is 0 Å². The van der Waals surface area contributed by atoms with Crippen LogP contribution in [0.3, 0.4) is 0 Å². The van der Waals surface area contributed by atoms with Crippen LogP contribution in [-0.4, -0.2) is 41.6 Å². The van der Waals surface area contributed by atoms with Crippen molar-refractivity contribution in [1.29, 1.82) is 0 Å². The molecule has 1 aromatic rings. The average molecular weight is 291 g/mol. The third-order valence-electron chi connectivity index (χ3n) is 3.40. The largest absolute Gasteiger partial charge is 0.494 e. The van der Waals surface area contributed by atoms with Gasteiger partial charge in [0.2, 0.25) is 5.91 Å². The first-order valence-electron chi connectivity index (χ1n) is 7.32. The highest BCUT2D eigenvalue weighted by atomic mass is 16.5. The van der Waals surface area contributed by atoms with E-state index in [0.29, 0.717) is 31.9 Å². The van der Waals surface area contributed by atoms with Crippen LogP contribution >= 0.6 is 0 Å². The molecule has 0 saturated heterocycles. The molecule has 21 heavy (non-hydrogen) atoms. The molecule has 0 unspecified atom stereocenters. The SMILES string of the molecule is O=C(O)CN(CC1CC1)C(=O)CCCOc1ccccc1. The van der Waals surface area contributed by atoms with E-state index in [0.717, 1.165) is 18.6 Å². The molecule has 1 aliphatic rings. The molecule has 5 nitrogen and oxygen atoms in total. The Kier molecular flexibility index (Phi) is 5.60. The highest BCUT2D eigenvalue weighted by molar-refractivity contribution is 5.81. The molecule has 1 N–H and O–H groups in total. The molecule has 0 heterocycles. The number of para-hydroxylation sites is 1. The van der Waals surface area contributed by atoms with E-state index in [-0.39, 0.29) is 12.5 Å². The average Bonchev–Trinajstić information content (AvgIpc) is 3.27. The van der Waals surface area contributed by atoms with E-state index < -0.39 is 5.97 Å². The summed E-state index contributed by atoms with van der Waals surface area (Å²) in [5.41, 5.74) is 0. The van der Waals surface area contributed by atoms with E-state index in [1.165, 1.54) is 4.90 Å². The maximum Gasteiger partial charge on any atom is 0.323 e. The Labute approximate surface area is 124 Å². The summed E-state index contributed by atoms with van der Waals surface area (Å²) in [5, 5.41) is 8.87. The molecule has 2 rings (SSSR count). The lowest BCUT2D eigenvalue weighted by Crippen LogP contribution is -2.37. The minimum Gasteiger partial charge on any atom is -0.494 e. The number of carboxylic acid groups (broad SMARTS) is 1. The summed E-state index contributed by atoms with van der Waals surface area (Å²) in [7, 11) is 0. The molecule has 1 saturated carbocycles.